The summed E-state index contributed by atoms with van der Waals surface area (Å²) >= 11 is 0. The van der Waals surface area contributed by atoms with E-state index >= 15 is 0 Å². The quantitative estimate of drug-likeness (QED) is 0.306. The van der Waals surface area contributed by atoms with Gasteiger partial charge in [-0.05, 0) is 174 Å². The number of aliphatic hydroxyl groups is 1. The molecule has 11 fully saturated rings. The van der Waals surface area contributed by atoms with Gasteiger partial charge in [0.15, 0.2) is 0 Å². The molecular weight excluding hydrogens is 542 g/mol. The Morgan fingerprint density at radius 2 is 1.57 bits per heavy atom. The van der Waals surface area contributed by atoms with Gasteiger partial charge in [0, 0.05) is 24.0 Å². The van der Waals surface area contributed by atoms with Crippen LogP contribution in [0.1, 0.15) is 117 Å². The molecule has 17 atom stereocenters. The number of nitrogens with two attached hydrogens (primary N) is 2. The van der Waals surface area contributed by atoms with Crippen LogP contribution in [0.15, 0.2) is 0 Å². The predicted octanol–water partition coefficient (Wildman–Crippen LogP) is 6.08. The molecule has 8 saturated carbocycles. The molecule has 3 saturated heterocycles. The smallest absolute Gasteiger partial charge is 0.0772 e. The van der Waals surface area contributed by atoms with Gasteiger partial charge in [-0.25, -0.2) is 0 Å². The molecule has 6 N–H and O–H groups in total. The van der Waals surface area contributed by atoms with E-state index in [1.807, 2.05) is 0 Å². The van der Waals surface area contributed by atoms with Gasteiger partial charge in [0.05, 0.1) is 17.4 Å². The van der Waals surface area contributed by atoms with Crippen LogP contribution in [0.25, 0.3) is 0 Å². The van der Waals surface area contributed by atoms with Crippen LogP contribution in [-0.4, -0.2) is 41.2 Å². The van der Waals surface area contributed by atoms with Crippen molar-refractivity contribution in [3.8, 4) is 0 Å². The van der Waals surface area contributed by atoms with Crippen LogP contribution >= 0.6 is 0 Å². The van der Waals surface area contributed by atoms with Crippen molar-refractivity contribution in [1.29, 1.82) is 0 Å². The van der Waals surface area contributed by atoms with Crippen LogP contribution < -0.4 is 16.8 Å². The Bertz CT molecular complexity index is 1160. The average molecular weight is 606 g/mol. The van der Waals surface area contributed by atoms with Crippen LogP contribution in [0.4, 0.5) is 0 Å². The maximum atomic E-state index is 10.8. The van der Waals surface area contributed by atoms with Gasteiger partial charge in [0.25, 0.3) is 0 Å². The van der Waals surface area contributed by atoms with Crippen molar-refractivity contribution in [2.45, 2.75) is 139 Å². The Morgan fingerprint density at radius 3 is 2.34 bits per heavy atom. The normalized spacial score (nSPS) is 60.9. The summed E-state index contributed by atoms with van der Waals surface area (Å²) in [5.41, 5.74) is 14.2. The minimum absolute atomic E-state index is 0.0857. The van der Waals surface area contributed by atoms with Crippen LogP contribution in [0, 0.1) is 88.3 Å². The standard InChI is InChI=1S/C39H63N3O2/c1-36(2)35-26-12-10-23(19-43)38(35,41)20-39(44-36)28-17-37(14-3-4-15-37)16-27-30(22-9-13-29(40)42-18-22)24-7-5-6-21-8-11-25(34(26)39)33(31(21)24)32(27)28/h21-35,42-43H,3-20,40-41H2,1-2H3/t21?,22?,23-,24?,25?,26-,27-,28+,29?,30+,31?,32+,33?,34+,35-,38-,39-/m1/s1. The van der Waals surface area contributed by atoms with Gasteiger partial charge in [-0.2, -0.15) is 0 Å². The third-order valence-corrected chi connectivity index (χ3v) is 18.1. The lowest BCUT2D eigenvalue weighted by Gasteiger charge is -2.81. The number of nitrogens with one attached hydrogen (secondary N) is 1. The van der Waals surface area contributed by atoms with Crippen LogP contribution in [0.2, 0.25) is 0 Å². The van der Waals surface area contributed by atoms with Gasteiger partial charge in [0.2, 0.25) is 0 Å². The molecule has 0 amide bonds. The Hall–Kier alpha value is -0.200. The van der Waals surface area contributed by atoms with E-state index in [0.717, 1.165) is 79.1 Å². The molecule has 5 heteroatoms. The molecule has 0 aromatic carbocycles. The highest BCUT2D eigenvalue weighted by molar-refractivity contribution is 5.29. The average Bonchev–Trinajstić information content (AvgIpc) is 3.44. The highest BCUT2D eigenvalue weighted by atomic mass is 16.5. The van der Waals surface area contributed by atoms with Crippen molar-refractivity contribution in [3.63, 3.8) is 0 Å². The van der Waals surface area contributed by atoms with E-state index in [-0.39, 0.29) is 35.4 Å². The van der Waals surface area contributed by atoms with Gasteiger partial charge in [-0.15, -0.1) is 0 Å². The minimum atomic E-state index is -0.277. The van der Waals surface area contributed by atoms with Gasteiger partial charge in [-0.1, -0.05) is 25.7 Å². The predicted molar refractivity (Wildman–Crippen MR) is 173 cm³/mol. The number of aliphatic hydroxyl groups excluding tert-OH is 1. The molecule has 2 spiro atoms. The van der Waals surface area contributed by atoms with Crippen molar-refractivity contribution < 1.29 is 9.84 Å². The maximum Gasteiger partial charge on any atom is 0.0772 e. The number of rotatable bonds is 2. The number of hydrogen-bond donors (Lipinski definition) is 4. The van der Waals surface area contributed by atoms with E-state index in [9.17, 15) is 5.11 Å². The highest BCUT2D eigenvalue weighted by Crippen LogP contribution is 2.79. The van der Waals surface area contributed by atoms with Crippen molar-refractivity contribution in [2.75, 3.05) is 13.2 Å². The topological polar surface area (TPSA) is 93.5 Å². The van der Waals surface area contributed by atoms with E-state index in [2.05, 4.69) is 19.2 Å². The Kier molecular flexibility index (Phi) is 6.20. The summed E-state index contributed by atoms with van der Waals surface area (Å²) in [7, 11) is 0. The summed E-state index contributed by atoms with van der Waals surface area (Å²) in [5.74, 6) is 10.7. The first kappa shape index (κ1) is 28.8. The second kappa shape index (κ2) is 9.48. The molecule has 0 aromatic heterocycles. The summed E-state index contributed by atoms with van der Waals surface area (Å²) < 4.78 is 7.89. The second-order valence-corrected chi connectivity index (χ2v) is 19.7. The fraction of sp³-hybridized carbons (Fsp3) is 1.00. The first-order chi connectivity index (χ1) is 21.2. The molecule has 11 rings (SSSR count). The molecule has 11 aliphatic rings. The molecular formula is C39H63N3O2. The lowest BCUT2D eigenvalue weighted by atomic mass is 9.29. The number of fused-ring (bicyclic) bond motifs is 1. The summed E-state index contributed by atoms with van der Waals surface area (Å²) in [6.07, 6.45) is 22.3. The molecule has 7 unspecified atom stereocenters. The molecule has 0 radical (unpaired) electrons. The lowest BCUT2D eigenvalue weighted by molar-refractivity contribution is -0.395. The Balaban J connectivity index is 1.17. The van der Waals surface area contributed by atoms with Gasteiger partial charge in [-0.3, -0.25) is 0 Å². The molecule has 4 bridgehead atoms. The third-order valence-electron chi connectivity index (χ3n) is 18.1. The van der Waals surface area contributed by atoms with Crippen molar-refractivity contribution in [2.24, 2.45) is 99.7 Å². The number of piperidine rings is 1. The SMILES string of the molecule is CC1(C)O[C@@]23C[C@@]4(N)[C@@H](CO)CC[C@@H]([C@H]14)[C@@H]2C1CCC2CCCC4C2C1[C@H]1[C@H](CC2(CCCC2)C[C@@H]13)[C@H]4C1CCC(N)NC1. The van der Waals surface area contributed by atoms with Gasteiger partial charge in [0.1, 0.15) is 0 Å². The zero-order valence-electron chi connectivity index (χ0n) is 27.9. The van der Waals surface area contributed by atoms with Crippen LogP contribution in [0.5, 0.6) is 0 Å². The van der Waals surface area contributed by atoms with E-state index in [1.54, 1.807) is 0 Å². The molecule has 246 valence electrons. The first-order valence-corrected chi connectivity index (χ1v) is 19.8. The molecule has 44 heavy (non-hydrogen) atoms. The van der Waals surface area contributed by atoms with E-state index in [4.69, 9.17) is 16.2 Å². The van der Waals surface area contributed by atoms with E-state index in [1.165, 1.54) is 83.5 Å². The first-order valence-electron chi connectivity index (χ1n) is 19.8. The summed E-state index contributed by atoms with van der Waals surface area (Å²) in [5, 5.41) is 14.6. The Labute approximate surface area is 267 Å². The van der Waals surface area contributed by atoms with Gasteiger partial charge >= 0.3 is 0 Å². The molecule has 5 nitrogen and oxygen atoms in total. The van der Waals surface area contributed by atoms with E-state index in [0.29, 0.717) is 29.1 Å². The van der Waals surface area contributed by atoms with Crippen LogP contribution in [-0.2, 0) is 4.74 Å². The zero-order valence-corrected chi connectivity index (χ0v) is 27.9. The fourth-order valence-electron chi connectivity index (χ4n) is 17.7. The summed E-state index contributed by atoms with van der Waals surface area (Å²) in [6.45, 7) is 6.26. The maximum absolute atomic E-state index is 10.8. The molecule has 3 aliphatic heterocycles. The van der Waals surface area contributed by atoms with Crippen molar-refractivity contribution >= 4 is 0 Å². The fourth-order valence-corrected chi connectivity index (χ4v) is 17.7. The van der Waals surface area contributed by atoms with Gasteiger partial charge < -0.3 is 26.6 Å². The molecule has 8 aliphatic carbocycles. The van der Waals surface area contributed by atoms with Crippen LogP contribution in [0.3, 0.4) is 0 Å². The molecule has 3 heterocycles. The monoisotopic (exact) mass is 605 g/mol. The Morgan fingerprint density at radius 1 is 0.773 bits per heavy atom. The van der Waals surface area contributed by atoms with E-state index < -0.39 is 0 Å². The zero-order chi connectivity index (χ0) is 29.8. The lowest BCUT2D eigenvalue weighted by Crippen LogP contribution is -2.85. The number of hydrogen-bond acceptors (Lipinski definition) is 5. The third kappa shape index (κ3) is 3.51. The second-order valence-electron chi connectivity index (χ2n) is 19.7. The van der Waals surface area contributed by atoms with Crippen molar-refractivity contribution in [1.82, 2.24) is 5.32 Å². The summed E-state index contributed by atoms with van der Waals surface area (Å²) in [4.78, 5) is 0. The molecule has 0 aromatic rings. The largest absolute Gasteiger partial charge is 0.396 e. The number of ether oxygens (including phenoxy) is 1. The van der Waals surface area contributed by atoms with Crippen molar-refractivity contribution in [3.05, 3.63) is 0 Å². The summed E-state index contributed by atoms with van der Waals surface area (Å²) in [6, 6.07) is 0. The minimum Gasteiger partial charge on any atom is -0.396 e. The highest BCUT2D eigenvalue weighted by Gasteiger charge is 2.80.